The van der Waals surface area contributed by atoms with Crippen molar-refractivity contribution in [3.63, 3.8) is 0 Å². The highest BCUT2D eigenvalue weighted by Gasteiger charge is 2.23. The molecule has 0 saturated carbocycles. The van der Waals surface area contributed by atoms with E-state index in [9.17, 15) is 9.59 Å². The monoisotopic (exact) mass is 398 g/mol. The van der Waals surface area contributed by atoms with Crippen LogP contribution in [0.4, 0.5) is 0 Å². The Hall–Kier alpha value is -1.06. The van der Waals surface area contributed by atoms with Gasteiger partial charge in [-0.1, -0.05) is 105 Å². The molecule has 0 aromatic heterocycles. The van der Waals surface area contributed by atoms with Crippen molar-refractivity contribution in [1.82, 2.24) is 0 Å². The van der Waals surface area contributed by atoms with Gasteiger partial charge in [-0.2, -0.15) is 0 Å². The van der Waals surface area contributed by atoms with Crippen LogP contribution in [0.15, 0.2) is 0 Å². The lowest BCUT2D eigenvalue weighted by Gasteiger charge is -2.24. The first kappa shape index (κ1) is 26.9. The summed E-state index contributed by atoms with van der Waals surface area (Å²) in [7, 11) is 0. The number of carbonyl (C=O) groups is 2. The van der Waals surface area contributed by atoms with Crippen LogP contribution < -0.4 is 0 Å². The maximum atomic E-state index is 11.9. The van der Waals surface area contributed by atoms with Crippen molar-refractivity contribution in [2.75, 3.05) is 6.61 Å². The van der Waals surface area contributed by atoms with Gasteiger partial charge >= 0.3 is 11.9 Å². The van der Waals surface area contributed by atoms with Crippen molar-refractivity contribution in [1.29, 1.82) is 0 Å². The van der Waals surface area contributed by atoms with E-state index in [0.29, 0.717) is 6.61 Å². The second kappa shape index (κ2) is 18.0. The van der Waals surface area contributed by atoms with Crippen molar-refractivity contribution in [3.8, 4) is 0 Å². The maximum Gasteiger partial charge on any atom is 0.317 e. The summed E-state index contributed by atoms with van der Waals surface area (Å²) in [6, 6.07) is 0. The Bertz CT molecular complexity index is 382. The second-order valence-electron chi connectivity index (χ2n) is 8.73. The molecule has 0 aromatic carbocycles. The fourth-order valence-corrected chi connectivity index (χ4v) is 3.53. The summed E-state index contributed by atoms with van der Waals surface area (Å²) in [6.45, 7) is 10.7. The molecule has 0 spiro atoms. The Labute approximate surface area is 174 Å². The summed E-state index contributed by atoms with van der Waals surface area (Å²) in [6.07, 6.45) is 14.9. The molecule has 0 unspecified atom stereocenters. The van der Waals surface area contributed by atoms with E-state index in [1.54, 1.807) is 0 Å². The molecular weight excluding hydrogens is 352 g/mol. The van der Waals surface area contributed by atoms with Gasteiger partial charge in [-0.3, -0.25) is 9.59 Å². The van der Waals surface area contributed by atoms with Gasteiger partial charge in [0.05, 0.1) is 6.61 Å². The van der Waals surface area contributed by atoms with Gasteiger partial charge in [-0.25, -0.2) is 0 Å². The summed E-state index contributed by atoms with van der Waals surface area (Å²) >= 11 is 0. The molecule has 0 atom stereocenters. The number of hydrogen-bond donors (Lipinski definition) is 0. The third-order valence-electron chi connectivity index (χ3n) is 5.13. The molecule has 0 saturated heterocycles. The molecule has 4 nitrogen and oxygen atoms in total. The molecule has 0 aromatic rings. The normalized spacial score (nSPS) is 11.4. The molecule has 166 valence electrons. The minimum atomic E-state index is -0.480. The Morgan fingerprint density at radius 3 is 1.50 bits per heavy atom. The number of unbranched alkanes of at least 4 members (excludes halogenated alkanes) is 11. The number of esters is 2. The Balaban J connectivity index is 3.53. The SMILES string of the molecule is CCCCCCCCCCCCCCOC(=O)CC(=O)OC(C(C)C)C(C)C. The molecular formula is C24H46O4. The first-order chi connectivity index (χ1) is 13.4. The minimum Gasteiger partial charge on any atom is -0.465 e. The van der Waals surface area contributed by atoms with Crippen LogP contribution in [-0.4, -0.2) is 24.6 Å². The summed E-state index contributed by atoms with van der Waals surface area (Å²) in [5.41, 5.74) is 0. The molecule has 0 N–H and O–H groups in total. The predicted molar refractivity (Wildman–Crippen MR) is 116 cm³/mol. The van der Waals surface area contributed by atoms with E-state index in [1.807, 2.05) is 27.7 Å². The lowest BCUT2D eigenvalue weighted by Crippen LogP contribution is -2.29. The average molecular weight is 399 g/mol. The Kier molecular flexibility index (Phi) is 17.3. The molecule has 0 rings (SSSR count). The van der Waals surface area contributed by atoms with Gasteiger partial charge in [0.15, 0.2) is 0 Å². The molecule has 0 amide bonds. The molecule has 0 bridgehead atoms. The molecule has 0 heterocycles. The third-order valence-corrected chi connectivity index (χ3v) is 5.13. The largest absolute Gasteiger partial charge is 0.465 e. The molecule has 28 heavy (non-hydrogen) atoms. The van der Waals surface area contributed by atoms with Crippen LogP contribution in [0.5, 0.6) is 0 Å². The van der Waals surface area contributed by atoms with Crippen molar-refractivity contribution in [3.05, 3.63) is 0 Å². The van der Waals surface area contributed by atoms with Gasteiger partial charge in [0.25, 0.3) is 0 Å². The van der Waals surface area contributed by atoms with E-state index in [1.165, 1.54) is 64.2 Å². The smallest absolute Gasteiger partial charge is 0.317 e. The van der Waals surface area contributed by atoms with Gasteiger partial charge in [0.1, 0.15) is 12.5 Å². The van der Waals surface area contributed by atoms with E-state index in [2.05, 4.69) is 6.92 Å². The van der Waals surface area contributed by atoms with Gasteiger partial charge in [-0.05, 0) is 18.3 Å². The highest BCUT2D eigenvalue weighted by atomic mass is 16.6. The van der Waals surface area contributed by atoms with Crippen LogP contribution >= 0.6 is 0 Å². The Morgan fingerprint density at radius 2 is 1.07 bits per heavy atom. The van der Waals surface area contributed by atoms with Crippen LogP contribution in [0, 0.1) is 11.8 Å². The lowest BCUT2D eigenvalue weighted by molar-refractivity contribution is -0.161. The van der Waals surface area contributed by atoms with Gasteiger partial charge < -0.3 is 9.47 Å². The van der Waals surface area contributed by atoms with Crippen molar-refractivity contribution in [2.45, 2.75) is 124 Å². The quantitative estimate of drug-likeness (QED) is 0.144. The zero-order chi connectivity index (χ0) is 21.2. The van der Waals surface area contributed by atoms with Crippen molar-refractivity contribution < 1.29 is 19.1 Å². The highest BCUT2D eigenvalue weighted by molar-refractivity contribution is 5.91. The molecule has 0 aliphatic heterocycles. The molecule has 0 fully saturated rings. The van der Waals surface area contributed by atoms with Crippen molar-refractivity contribution >= 4 is 11.9 Å². The number of carbonyl (C=O) groups excluding carboxylic acids is 2. The summed E-state index contributed by atoms with van der Waals surface area (Å²) < 4.78 is 10.6. The van der Waals surface area contributed by atoms with Gasteiger partial charge in [0, 0.05) is 0 Å². The zero-order valence-corrected chi connectivity index (χ0v) is 19.3. The summed E-state index contributed by atoms with van der Waals surface area (Å²) in [5.74, 6) is -0.478. The lowest BCUT2D eigenvalue weighted by atomic mass is 9.96. The van der Waals surface area contributed by atoms with E-state index in [0.717, 1.165) is 12.8 Å². The van der Waals surface area contributed by atoms with Crippen LogP contribution in [0.1, 0.15) is 118 Å². The molecule has 4 heteroatoms. The Morgan fingerprint density at radius 1 is 0.643 bits per heavy atom. The number of hydrogen-bond acceptors (Lipinski definition) is 4. The minimum absolute atomic E-state index is 0.156. The number of rotatable bonds is 18. The molecule has 0 aliphatic rings. The van der Waals surface area contributed by atoms with Crippen LogP contribution in [0.2, 0.25) is 0 Å². The van der Waals surface area contributed by atoms with E-state index < -0.39 is 11.9 Å². The van der Waals surface area contributed by atoms with Crippen LogP contribution in [0.3, 0.4) is 0 Å². The third kappa shape index (κ3) is 15.9. The average Bonchev–Trinajstić information content (AvgIpc) is 2.63. The van der Waals surface area contributed by atoms with Crippen molar-refractivity contribution in [2.24, 2.45) is 11.8 Å². The molecule has 0 aliphatic carbocycles. The first-order valence-electron chi connectivity index (χ1n) is 11.7. The van der Waals surface area contributed by atoms with Gasteiger partial charge in [-0.15, -0.1) is 0 Å². The van der Waals surface area contributed by atoms with Gasteiger partial charge in [0.2, 0.25) is 0 Å². The fraction of sp³-hybridized carbons (Fsp3) is 0.917. The van der Waals surface area contributed by atoms with E-state index in [4.69, 9.17) is 9.47 Å². The van der Waals surface area contributed by atoms with E-state index in [-0.39, 0.29) is 24.4 Å². The number of ether oxygens (including phenoxy) is 2. The van der Waals surface area contributed by atoms with Crippen LogP contribution in [0.25, 0.3) is 0 Å². The highest BCUT2D eigenvalue weighted by Crippen LogP contribution is 2.17. The predicted octanol–water partition coefficient (Wildman–Crippen LogP) is 6.84. The maximum absolute atomic E-state index is 11.9. The van der Waals surface area contributed by atoms with Crippen LogP contribution in [-0.2, 0) is 19.1 Å². The summed E-state index contributed by atoms with van der Waals surface area (Å²) in [5, 5.41) is 0. The molecule has 0 radical (unpaired) electrons. The first-order valence-corrected chi connectivity index (χ1v) is 11.7. The second-order valence-corrected chi connectivity index (χ2v) is 8.73. The summed E-state index contributed by atoms with van der Waals surface area (Å²) in [4.78, 5) is 23.6. The van der Waals surface area contributed by atoms with E-state index >= 15 is 0 Å². The zero-order valence-electron chi connectivity index (χ0n) is 19.3. The topological polar surface area (TPSA) is 52.6 Å². The fourth-order valence-electron chi connectivity index (χ4n) is 3.53. The standard InChI is InChI=1S/C24H46O4/c1-6-7-8-9-10-11-12-13-14-15-16-17-18-27-22(25)19-23(26)28-24(20(2)3)21(4)5/h20-21,24H,6-19H2,1-5H3.